The van der Waals surface area contributed by atoms with Gasteiger partial charge in [-0.25, -0.2) is 0 Å². The second kappa shape index (κ2) is 11.7. The highest BCUT2D eigenvalue weighted by molar-refractivity contribution is 7.80. The molecule has 0 saturated heterocycles. The summed E-state index contributed by atoms with van der Waals surface area (Å²) < 4.78 is 11.1. The molecule has 4 N–H and O–H groups in total. The predicted molar refractivity (Wildman–Crippen MR) is 151 cm³/mol. The summed E-state index contributed by atoms with van der Waals surface area (Å²) in [6.07, 6.45) is 3.01. The normalized spacial score (nSPS) is 14.5. The smallest absolute Gasteiger partial charge is 0.280 e. The highest BCUT2D eigenvalue weighted by Gasteiger charge is 2.34. The summed E-state index contributed by atoms with van der Waals surface area (Å²) in [5.74, 6) is 1.20. The summed E-state index contributed by atoms with van der Waals surface area (Å²) in [5, 5.41) is 5.18. The van der Waals surface area contributed by atoms with Crippen molar-refractivity contribution in [2.24, 2.45) is 5.73 Å². The first kappa shape index (κ1) is 27.2. The van der Waals surface area contributed by atoms with Gasteiger partial charge in [0.05, 0.1) is 10.8 Å². The van der Waals surface area contributed by atoms with Gasteiger partial charge in [0.2, 0.25) is 0 Å². The number of nitrogens with one attached hydrogen (secondary N) is 2. The van der Waals surface area contributed by atoms with Gasteiger partial charge in [0.25, 0.3) is 11.1 Å². The lowest BCUT2D eigenvalue weighted by atomic mass is 9.76. The van der Waals surface area contributed by atoms with Gasteiger partial charge in [-0.05, 0) is 62.9 Å². The van der Waals surface area contributed by atoms with E-state index in [-0.39, 0.29) is 11.1 Å². The van der Waals surface area contributed by atoms with E-state index >= 15 is 0 Å². The second-order valence-electron chi connectivity index (χ2n) is 10.1. The fourth-order valence-corrected chi connectivity index (χ4v) is 5.30. The molecule has 2 heterocycles. The van der Waals surface area contributed by atoms with E-state index in [1.807, 2.05) is 65.6 Å². The van der Waals surface area contributed by atoms with Crippen LogP contribution >= 0.6 is 12.2 Å². The van der Waals surface area contributed by atoms with E-state index in [0.717, 1.165) is 36.8 Å². The Hall–Kier alpha value is -3.85. The first-order chi connectivity index (χ1) is 18.2. The number of aromatic nitrogens is 2. The van der Waals surface area contributed by atoms with E-state index in [1.54, 1.807) is 0 Å². The largest absolute Gasteiger partial charge is 0.383 e. The zero-order valence-corrected chi connectivity index (χ0v) is 22.6. The van der Waals surface area contributed by atoms with Crippen molar-refractivity contribution in [3.63, 3.8) is 0 Å². The number of nitrogens with two attached hydrogens (primary N) is 1. The van der Waals surface area contributed by atoms with Gasteiger partial charge in [0.15, 0.2) is 5.11 Å². The van der Waals surface area contributed by atoms with Gasteiger partial charge >= 0.3 is 0 Å². The molecule has 2 aromatic carbocycles. The van der Waals surface area contributed by atoms with Crippen molar-refractivity contribution in [3.8, 4) is 0 Å². The van der Waals surface area contributed by atoms with Crippen LogP contribution < -0.4 is 16.9 Å². The maximum absolute atomic E-state index is 11.8. The number of benzene rings is 2. The molecular formula is C29H34N4O4S. The van der Waals surface area contributed by atoms with Crippen LogP contribution in [0.1, 0.15) is 62.2 Å². The van der Waals surface area contributed by atoms with E-state index in [9.17, 15) is 9.59 Å². The molecule has 4 aromatic rings. The molecule has 0 aliphatic carbocycles. The molecule has 2 aromatic heterocycles. The maximum atomic E-state index is 11.8. The van der Waals surface area contributed by atoms with Crippen molar-refractivity contribution in [2.45, 2.75) is 50.4 Å². The number of rotatable bonds is 12. The lowest BCUT2D eigenvalue weighted by Crippen LogP contribution is -2.38. The van der Waals surface area contributed by atoms with E-state index in [2.05, 4.69) is 24.2 Å². The molecule has 2 unspecified atom stereocenters. The standard InChI is InChI=1S/C29H34N4O4S/c1-28(21-11-5-3-6-12-21,23-19-25(34)31-36-23)15-9-17-33(27(30)38)18-10-16-29(2,22-13-7-4-8-14-22)24-20-26(35)32-37-24/h3-8,11-14,19-20H,9-10,15-18H2,1-2H3,(H2,30,38)(H,31,34)(H,32,35). The summed E-state index contributed by atoms with van der Waals surface area (Å²) >= 11 is 5.39. The first-order valence-electron chi connectivity index (χ1n) is 12.8. The minimum atomic E-state index is -0.486. The number of H-pyrrole nitrogens is 2. The Morgan fingerprint density at radius 2 is 1.18 bits per heavy atom. The third-order valence-corrected chi connectivity index (χ3v) is 7.74. The van der Waals surface area contributed by atoms with Gasteiger partial charge in [0, 0.05) is 25.2 Å². The predicted octanol–water partition coefficient (Wildman–Crippen LogP) is 4.67. The summed E-state index contributed by atoms with van der Waals surface area (Å²) in [6.45, 7) is 5.48. The zero-order valence-electron chi connectivity index (χ0n) is 21.7. The van der Waals surface area contributed by atoms with E-state index < -0.39 is 10.8 Å². The Bertz CT molecular complexity index is 1340. The summed E-state index contributed by atoms with van der Waals surface area (Å²) in [5.41, 5.74) is 6.76. The van der Waals surface area contributed by atoms with Crippen LogP contribution in [0.2, 0.25) is 0 Å². The van der Waals surface area contributed by atoms with Crippen LogP contribution in [0, 0.1) is 0 Å². The van der Waals surface area contributed by atoms with E-state index in [0.29, 0.717) is 29.7 Å². The Labute approximate surface area is 226 Å². The van der Waals surface area contributed by atoms with Crippen LogP contribution in [0.15, 0.2) is 91.4 Å². The fourth-order valence-electron chi connectivity index (χ4n) is 5.12. The van der Waals surface area contributed by atoms with Gasteiger partial charge < -0.3 is 19.7 Å². The molecule has 9 heteroatoms. The second-order valence-corrected chi connectivity index (χ2v) is 10.5. The van der Waals surface area contributed by atoms with Gasteiger partial charge in [-0.3, -0.25) is 9.59 Å². The van der Waals surface area contributed by atoms with Crippen LogP contribution in [0.5, 0.6) is 0 Å². The minimum Gasteiger partial charge on any atom is -0.383 e. The van der Waals surface area contributed by atoms with Crippen molar-refractivity contribution < 1.29 is 9.05 Å². The molecule has 2 atom stereocenters. The van der Waals surface area contributed by atoms with Crippen LogP contribution in [-0.2, 0) is 10.8 Å². The topological polar surface area (TPSA) is 121 Å². The third-order valence-electron chi connectivity index (χ3n) is 7.48. The Balaban J connectivity index is 1.44. The minimum absolute atomic E-state index is 0.258. The number of hydrogen-bond acceptors (Lipinski definition) is 5. The monoisotopic (exact) mass is 534 g/mol. The Morgan fingerprint density at radius 3 is 1.50 bits per heavy atom. The van der Waals surface area contributed by atoms with Crippen molar-refractivity contribution in [1.29, 1.82) is 0 Å². The number of aromatic amines is 2. The maximum Gasteiger partial charge on any atom is 0.280 e. The highest BCUT2D eigenvalue weighted by atomic mass is 32.1. The molecule has 38 heavy (non-hydrogen) atoms. The lowest BCUT2D eigenvalue weighted by Gasteiger charge is -2.31. The van der Waals surface area contributed by atoms with Crippen LogP contribution in [0.4, 0.5) is 0 Å². The van der Waals surface area contributed by atoms with E-state index in [4.69, 9.17) is 27.0 Å². The molecule has 8 nitrogen and oxygen atoms in total. The quantitative estimate of drug-likeness (QED) is 0.226. The van der Waals surface area contributed by atoms with Gasteiger partial charge in [-0.15, -0.1) is 0 Å². The van der Waals surface area contributed by atoms with Crippen molar-refractivity contribution >= 4 is 17.3 Å². The summed E-state index contributed by atoms with van der Waals surface area (Å²) in [7, 11) is 0. The molecule has 200 valence electrons. The molecule has 0 radical (unpaired) electrons. The van der Waals surface area contributed by atoms with Crippen LogP contribution in [0.3, 0.4) is 0 Å². The van der Waals surface area contributed by atoms with Crippen LogP contribution in [-0.4, -0.2) is 33.4 Å². The molecule has 0 fully saturated rings. The summed E-state index contributed by atoms with van der Waals surface area (Å²) in [4.78, 5) is 25.7. The summed E-state index contributed by atoms with van der Waals surface area (Å²) in [6, 6.07) is 23.1. The SMILES string of the molecule is CC(CCCN(CCCC(C)(c1ccccc1)c1cc(=O)[nH]o1)C(N)=S)(c1ccccc1)c1cc(=O)[nH]o1. The fraction of sp³-hybridized carbons (Fsp3) is 0.345. The third kappa shape index (κ3) is 5.99. The Kier molecular flexibility index (Phi) is 8.36. The number of hydrogen-bond donors (Lipinski definition) is 3. The van der Waals surface area contributed by atoms with Crippen molar-refractivity contribution in [3.05, 3.63) is 116 Å². The molecular weight excluding hydrogens is 500 g/mol. The van der Waals surface area contributed by atoms with Gasteiger partial charge in [-0.2, -0.15) is 10.3 Å². The molecule has 0 spiro atoms. The highest BCUT2D eigenvalue weighted by Crippen LogP contribution is 2.37. The first-order valence-corrected chi connectivity index (χ1v) is 13.2. The molecule has 4 rings (SSSR count). The van der Waals surface area contributed by atoms with Gasteiger partial charge in [0.1, 0.15) is 11.5 Å². The molecule has 0 aliphatic rings. The van der Waals surface area contributed by atoms with Gasteiger partial charge in [-0.1, -0.05) is 60.7 Å². The average Bonchev–Trinajstić information content (AvgIpc) is 3.57. The van der Waals surface area contributed by atoms with Crippen molar-refractivity contribution in [2.75, 3.05) is 13.1 Å². The van der Waals surface area contributed by atoms with Crippen LogP contribution in [0.25, 0.3) is 0 Å². The van der Waals surface area contributed by atoms with Crippen molar-refractivity contribution in [1.82, 2.24) is 15.2 Å². The molecule has 0 bridgehead atoms. The molecule has 0 amide bonds. The Morgan fingerprint density at radius 1 is 0.789 bits per heavy atom. The molecule has 0 saturated carbocycles. The van der Waals surface area contributed by atoms with E-state index in [1.165, 1.54) is 12.1 Å². The number of nitrogens with zero attached hydrogens (tertiary/aromatic N) is 1. The molecule has 0 aliphatic heterocycles. The lowest BCUT2D eigenvalue weighted by molar-refractivity contribution is 0.291. The number of thiocarbonyl (C=S) groups is 1. The zero-order chi connectivity index (χ0) is 27.2. The average molecular weight is 535 g/mol.